The van der Waals surface area contributed by atoms with Crippen molar-refractivity contribution in [1.29, 1.82) is 0 Å². The molecule has 1 aliphatic heterocycles. The second kappa shape index (κ2) is 8.74. The maximum absolute atomic E-state index is 13.7. The number of pyridine rings is 2. The highest BCUT2D eigenvalue weighted by Crippen LogP contribution is 2.30. The van der Waals surface area contributed by atoms with Crippen LogP contribution in [0, 0.1) is 18.7 Å². The molecule has 1 aliphatic rings. The third-order valence-corrected chi connectivity index (χ3v) is 5.14. The molecule has 1 unspecified atom stereocenters. The van der Waals surface area contributed by atoms with E-state index >= 15 is 0 Å². The van der Waals surface area contributed by atoms with Crippen LogP contribution in [-0.4, -0.2) is 33.9 Å². The molecule has 4 rings (SSSR count). The Morgan fingerprint density at radius 1 is 1.28 bits per heavy atom. The van der Waals surface area contributed by atoms with Crippen molar-refractivity contribution < 1.29 is 9.18 Å². The highest BCUT2D eigenvalue weighted by atomic mass is 35.5. The van der Waals surface area contributed by atoms with Crippen LogP contribution < -0.4 is 5.32 Å². The van der Waals surface area contributed by atoms with Gasteiger partial charge >= 0.3 is 0 Å². The van der Waals surface area contributed by atoms with E-state index < -0.39 is 0 Å². The summed E-state index contributed by atoms with van der Waals surface area (Å²) in [5.74, 6) is 0.0885. The van der Waals surface area contributed by atoms with Gasteiger partial charge in [-0.05, 0) is 56.0 Å². The van der Waals surface area contributed by atoms with E-state index in [1.54, 1.807) is 18.3 Å². The highest BCUT2D eigenvalue weighted by molar-refractivity contribution is 6.07. The molecule has 7 heteroatoms. The van der Waals surface area contributed by atoms with Gasteiger partial charge in [0.2, 0.25) is 0 Å². The van der Waals surface area contributed by atoms with Crippen LogP contribution in [0.4, 0.5) is 15.8 Å². The number of piperidine rings is 1. The molecule has 0 radical (unpaired) electrons. The van der Waals surface area contributed by atoms with Gasteiger partial charge in [-0.1, -0.05) is 13.0 Å². The van der Waals surface area contributed by atoms with Crippen LogP contribution in [0.25, 0.3) is 11.0 Å². The average molecular weight is 415 g/mol. The number of amides is 1. The van der Waals surface area contributed by atoms with Gasteiger partial charge in [-0.2, -0.15) is 0 Å². The lowest BCUT2D eigenvalue weighted by atomic mass is 9.99. The number of hydrogen-bond donors (Lipinski definition) is 1. The van der Waals surface area contributed by atoms with Gasteiger partial charge < -0.3 is 10.2 Å². The summed E-state index contributed by atoms with van der Waals surface area (Å²) in [6, 6.07) is 10.00. The molecule has 5 nitrogen and oxygen atoms in total. The number of aryl methyl sites for hydroxylation is 1. The molecule has 29 heavy (non-hydrogen) atoms. The number of nitrogens with zero attached hydrogens (tertiary/aromatic N) is 3. The predicted octanol–water partition coefficient (Wildman–Crippen LogP) is 5.11. The van der Waals surface area contributed by atoms with Crippen molar-refractivity contribution in [2.24, 2.45) is 5.92 Å². The number of fused-ring (bicyclic) bond motifs is 1. The standard InChI is InChI=1S/C22H23FN4O.ClH/c1-14-5-4-10-27(13-14)22(28)19-12-24-21-18(9-8-15(2)25-21)20(19)26-17-7-3-6-16(23)11-17;/h3,6-9,11-12,14H,4-5,10,13H2,1-2H3,(H,24,25,26);1H. The molecule has 1 amide bonds. The van der Waals surface area contributed by atoms with E-state index in [1.807, 2.05) is 24.0 Å². The number of rotatable bonds is 3. The van der Waals surface area contributed by atoms with Gasteiger partial charge in [-0.3, -0.25) is 4.79 Å². The fourth-order valence-corrected chi connectivity index (χ4v) is 3.72. The lowest BCUT2D eigenvalue weighted by Crippen LogP contribution is -2.39. The molecule has 1 fully saturated rings. The second-order valence-electron chi connectivity index (χ2n) is 7.50. The molecule has 152 valence electrons. The van der Waals surface area contributed by atoms with Crippen LogP contribution in [0.15, 0.2) is 42.6 Å². The summed E-state index contributed by atoms with van der Waals surface area (Å²) in [5.41, 5.74) is 3.08. The number of nitrogens with one attached hydrogen (secondary N) is 1. The Balaban J connectivity index is 0.00000240. The van der Waals surface area contributed by atoms with E-state index in [-0.39, 0.29) is 24.1 Å². The van der Waals surface area contributed by atoms with Crippen molar-refractivity contribution in [3.8, 4) is 0 Å². The zero-order valence-corrected chi connectivity index (χ0v) is 17.3. The van der Waals surface area contributed by atoms with Crippen LogP contribution in [0.1, 0.15) is 35.8 Å². The SMILES string of the molecule is Cc1ccc2c(Nc3cccc(F)c3)c(C(=O)N3CCCC(C)C3)cnc2n1.Cl. The van der Waals surface area contributed by atoms with E-state index in [9.17, 15) is 9.18 Å². The first kappa shape index (κ1) is 21.0. The second-order valence-corrected chi connectivity index (χ2v) is 7.50. The minimum atomic E-state index is -0.338. The number of carbonyl (C=O) groups is 1. The van der Waals surface area contributed by atoms with E-state index in [0.717, 1.165) is 37.0 Å². The molecule has 3 heterocycles. The first-order chi connectivity index (χ1) is 13.5. The van der Waals surface area contributed by atoms with Crippen molar-refractivity contribution in [2.45, 2.75) is 26.7 Å². The summed E-state index contributed by atoms with van der Waals surface area (Å²) in [6.45, 7) is 5.54. The lowest BCUT2D eigenvalue weighted by Gasteiger charge is -2.31. The Hall–Kier alpha value is -2.73. The van der Waals surface area contributed by atoms with Crippen molar-refractivity contribution in [3.63, 3.8) is 0 Å². The molecular weight excluding hydrogens is 391 g/mol. The van der Waals surface area contributed by atoms with Crippen molar-refractivity contribution >= 4 is 40.7 Å². The van der Waals surface area contributed by atoms with E-state index in [4.69, 9.17) is 0 Å². The summed E-state index contributed by atoms with van der Waals surface area (Å²) in [5, 5.41) is 3.98. The maximum atomic E-state index is 13.7. The van der Waals surface area contributed by atoms with Crippen LogP contribution in [0.2, 0.25) is 0 Å². The Kier molecular flexibility index (Phi) is 6.33. The van der Waals surface area contributed by atoms with Crippen LogP contribution in [0.5, 0.6) is 0 Å². The quantitative estimate of drug-likeness (QED) is 0.646. The van der Waals surface area contributed by atoms with Gasteiger partial charge in [0.1, 0.15) is 5.82 Å². The third kappa shape index (κ3) is 4.48. The summed E-state index contributed by atoms with van der Waals surface area (Å²) >= 11 is 0. The Morgan fingerprint density at radius 2 is 2.10 bits per heavy atom. The van der Waals surface area contributed by atoms with Gasteiger partial charge in [0, 0.05) is 36.1 Å². The van der Waals surface area contributed by atoms with Gasteiger partial charge in [-0.15, -0.1) is 12.4 Å². The summed E-state index contributed by atoms with van der Waals surface area (Å²) < 4.78 is 13.7. The fourth-order valence-electron chi connectivity index (χ4n) is 3.72. The molecule has 0 spiro atoms. The molecule has 1 saturated heterocycles. The molecule has 1 atom stereocenters. The third-order valence-electron chi connectivity index (χ3n) is 5.14. The molecule has 3 aromatic rings. The maximum Gasteiger partial charge on any atom is 0.257 e. The molecular formula is C22H24ClFN4O. The zero-order valence-electron chi connectivity index (χ0n) is 16.5. The van der Waals surface area contributed by atoms with Crippen molar-refractivity contribution in [2.75, 3.05) is 18.4 Å². The molecule has 0 aliphatic carbocycles. The van der Waals surface area contributed by atoms with Gasteiger partial charge in [0.15, 0.2) is 5.65 Å². The minimum Gasteiger partial charge on any atom is -0.354 e. The number of anilines is 2. The predicted molar refractivity (Wildman–Crippen MR) is 116 cm³/mol. The molecule has 1 N–H and O–H groups in total. The first-order valence-corrected chi connectivity index (χ1v) is 9.59. The Labute approximate surface area is 175 Å². The number of halogens is 2. The molecule has 0 bridgehead atoms. The smallest absolute Gasteiger partial charge is 0.257 e. The van der Waals surface area contributed by atoms with E-state index in [0.29, 0.717) is 28.5 Å². The summed E-state index contributed by atoms with van der Waals surface area (Å²) in [6.07, 6.45) is 3.72. The number of likely N-dealkylation sites (tertiary alicyclic amines) is 1. The van der Waals surface area contributed by atoms with Crippen molar-refractivity contribution in [1.82, 2.24) is 14.9 Å². The average Bonchev–Trinajstić information content (AvgIpc) is 2.67. The van der Waals surface area contributed by atoms with Crippen LogP contribution in [0.3, 0.4) is 0 Å². The topological polar surface area (TPSA) is 58.1 Å². The number of hydrogen-bond acceptors (Lipinski definition) is 4. The molecule has 2 aromatic heterocycles. The monoisotopic (exact) mass is 414 g/mol. The number of carbonyl (C=O) groups excluding carboxylic acids is 1. The normalized spacial score (nSPS) is 16.4. The fraction of sp³-hybridized carbons (Fsp3) is 0.318. The highest BCUT2D eigenvalue weighted by Gasteiger charge is 2.25. The van der Waals surface area contributed by atoms with Gasteiger partial charge in [-0.25, -0.2) is 14.4 Å². The molecule has 1 aromatic carbocycles. The number of benzene rings is 1. The van der Waals surface area contributed by atoms with Gasteiger partial charge in [0.05, 0.1) is 11.3 Å². The van der Waals surface area contributed by atoms with Crippen LogP contribution in [-0.2, 0) is 0 Å². The van der Waals surface area contributed by atoms with E-state index in [2.05, 4.69) is 22.2 Å². The van der Waals surface area contributed by atoms with E-state index in [1.165, 1.54) is 12.1 Å². The Bertz CT molecular complexity index is 1040. The summed E-state index contributed by atoms with van der Waals surface area (Å²) in [4.78, 5) is 24.1. The zero-order chi connectivity index (χ0) is 19.7. The lowest BCUT2D eigenvalue weighted by molar-refractivity contribution is 0.0684. The van der Waals surface area contributed by atoms with Crippen LogP contribution >= 0.6 is 12.4 Å². The summed E-state index contributed by atoms with van der Waals surface area (Å²) in [7, 11) is 0. The Morgan fingerprint density at radius 3 is 2.86 bits per heavy atom. The number of aromatic nitrogens is 2. The first-order valence-electron chi connectivity index (χ1n) is 9.59. The minimum absolute atomic E-state index is 0. The van der Waals surface area contributed by atoms with Crippen molar-refractivity contribution in [3.05, 3.63) is 59.7 Å². The largest absolute Gasteiger partial charge is 0.354 e. The molecule has 0 saturated carbocycles. The van der Waals surface area contributed by atoms with Gasteiger partial charge in [0.25, 0.3) is 5.91 Å².